The fourth-order valence-electron chi connectivity index (χ4n) is 1.10. The lowest BCUT2D eigenvalue weighted by Gasteiger charge is -2.07. The Hall–Kier alpha value is -0.940. The Balaban J connectivity index is 3.28. The number of hydrogen-bond acceptors (Lipinski definition) is 3. The first-order valence-corrected chi connectivity index (χ1v) is 5.96. The number of sulfone groups is 1. The highest BCUT2D eigenvalue weighted by atomic mass is 32.2. The molecule has 5 heteroatoms. The third kappa shape index (κ3) is 2.30. The van der Waals surface area contributed by atoms with Gasteiger partial charge in [-0.3, -0.25) is 0 Å². The highest BCUT2D eigenvalue weighted by Gasteiger charge is 2.14. The van der Waals surface area contributed by atoms with Crippen molar-refractivity contribution in [1.29, 1.82) is 0 Å². The molecule has 1 atom stereocenters. The van der Waals surface area contributed by atoms with Crippen molar-refractivity contribution in [2.75, 3.05) is 6.26 Å². The first-order valence-electron chi connectivity index (χ1n) is 4.07. The first kappa shape index (κ1) is 11.1. The molecule has 0 radical (unpaired) electrons. The monoisotopic (exact) mass is 217 g/mol. The van der Waals surface area contributed by atoms with Gasteiger partial charge in [0.2, 0.25) is 0 Å². The van der Waals surface area contributed by atoms with Gasteiger partial charge < -0.3 is 5.73 Å². The van der Waals surface area contributed by atoms with Gasteiger partial charge in [0.25, 0.3) is 0 Å². The minimum absolute atomic E-state index is 0.290. The minimum Gasteiger partial charge on any atom is -0.324 e. The Morgan fingerprint density at radius 2 is 2.00 bits per heavy atom. The van der Waals surface area contributed by atoms with E-state index in [9.17, 15) is 12.8 Å². The Bertz CT molecular complexity index is 440. The predicted octanol–water partition coefficient (Wildman–Crippen LogP) is 1.25. The number of benzene rings is 1. The van der Waals surface area contributed by atoms with Crippen molar-refractivity contribution in [3.05, 3.63) is 29.6 Å². The third-order valence-corrected chi connectivity index (χ3v) is 3.01. The van der Waals surface area contributed by atoms with Gasteiger partial charge >= 0.3 is 0 Å². The molecule has 14 heavy (non-hydrogen) atoms. The predicted molar refractivity (Wildman–Crippen MR) is 52.1 cm³/mol. The standard InChI is InChI=1S/C9H12FNO2S/c1-6(11)7-3-4-9(8(10)5-7)14(2,12)13/h3-6H,11H2,1-2H3/t6-/m0/s1. The summed E-state index contributed by atoms with van der Waals surface area (Å²) in [5.41, 5.74) is 6.10. The zero-order chi connectivity index (χ0) is 10.9. The molecule has 1 aromatic rings. The highest BCUT2D eigenvalue weighted by Crippen LogP contribution is 2.18. The number of halogens is 1. The molecule has 0 amide bonds. The smallest absolute Gasteiger partial charge is 0.178 e. The van der Waals surface area contributed by atoms with E-state index >= 15 is 0 Å². The van der Waals surface area contributed by atoms with Gasteiger partial charge in [0, 0.05) is 12.3 Å². The Morgan fingerprint density at radius 3 is 2.36 bits per heavy atom. The zero-order valence-corrected chi connectivity index (χ0v) is 8.81. The van der Waals surface area contributed by atoms with Gasteiger partial charge in [-0.15, -0.1) is 0 Å². The van der Waals surface area contributed by atoms with Crippen LogP contribution in [0.5, 0.6) is 0 Å². The summed E-state index contributed by atoms with van der Waals surface area (Å²) >= 11 is 0. The van der Waals surface area contributed by atoms with Crippen LogP contribution in [0.1, 0.15) is 18.5 Å². The lowest BCUT2D eigenvalue weighted by molar-refractivity contribution is 0.568. The van der Waals surface area contributed by atoms with Crippen LogP contribution < -0.4 is 5.73 Å². The van der Waals surface area contributed by atoms with Crippen LogP contribution in [0.25, 0.3) is 0 Å². The quantitative estimate of drug-likeness (QED) is 0.811. The molecular formula is C9H12FNO2S. The van der Waals surface area contributed by atoms with Crippen molar-refractivity contribution in [3.8, 4) is 0 Å². The number of hydrogen-bond donors (Lipinski definition) is 1. The van der Waals surface area contributed by atoms with E-state index in [0.717, 1.165) is 12.3 Å². The molecule has 1 rings (SSSR count). The lowest BCUT2D eigenvalue weighted by atomic mass is 10.1. The summed E-state index contributed by atoms with van der Waals surface area (Å²) in [5.74, 6) is -0.748. The molecule has 0 aromatic heterocycles. The Kier molecular flexibility index (Phi) is 2.92. The van der Waals surface area contributed by atoms with Crippen molar-refractivity contribution >= 4 is 9.84 Å². The molecule has 3 nitrogen and oxygen atoms in total. The maximum atomic E-state index is 13.3. The van der Waals surface area contributed by atoms with Gasteiger partial charge in [-0.1, -0.05) is 6.07 Å². The molecular weight excluding hydrogens is 205 g/mol. The first-order chi connectivity index (χ1) is 6.32. The fraction of sp³-hybridized carbons (Fsp3) is 0.333. The van der Waals surface area contributed by atoms with E-state index in [4.69, 9.17) is 5.73 Å². The molecule has 0 bridgehead atoms. The lowest BCUT2D eigenvalue weighted by Crippen LogP contribution is -2.07. The second-order valence-corrected chi connectivity index (χ2v) is 5.23. The third-order valence-electron chi connectivity index (χ3n) is 1.88. The average molecular weight is 217 g/mol. The van der Waals surface area contributed by atoms with Crippen LogP contribution >= 0.6 is 0 Å². The molecule has 0 spiro atoms. The Labute approximate surface area is 82.7 Å². The summed E-state index contributed by atoms with van der Waals surface area (Å²) in [6.45, 7) is 1.70. The maximum absolute atomic E-state index is 13.3. The summed E-state index contributed by atoms with van der Waals surface area (Å²) in [7, 11) is -3.49. The molecule has 2 N–H and O–H groups in total. The normalized spacial score (nSPS) is 14.0. The van der Waals surface area contributed by atoms with E-state index in [2.05, 4.69) is 0 Å². The van der Waals surface area contributed by atoms with E-state index in [1.807, 2.05) is 0 Å². The molecule has 0 saturated heterocycles. The van der Waals surface area contributed by atoms with E-state index in [1.165, 1.54) is 12.1 Å². The fourth-order valence-corrected chi connectivity index (χ4v) is 1.83. The molecule has 0 aliphatic heterocycles. The van der Waals surface area contributed by atoms with Crippen LogP contribution in [0.4, 0.5) is 4.39 Å². The van der Waals surface area contributed by atoms with E-state index < -0.39 is 15.7 Å². The van der Waals surface area contributed by atoms with E-state index in [0.29, 0.717) is 5.56 Å². The summed E-state index contributed by atoms with van der Waals surface area (Å²) in [6, 6.07) is 3.60. The van der Waals surface area contributed by atoms with Crippen molar-refractivity contribution in [2.45, 2.75) is 17.9 Å². The molecule has 0 saturated carbocycles. The van der Waals surface area contributed by atoms with Crippen LogP contribution in [0.3, 0.4) is 0 Å². The molecule has 78 valence electrons. The van der Waals surface area contributed by atoms with E-state index in [1.54, 1.807) is 6.92 Å². The second kappa shape index (κ2) is 3.67. The molecule has 0 aliphatic carbocycles. The maximum Gasteiger partial charge on any atom is 0.178 e. The van der Waals surface area contributed by atoms with Crippen LogP contribution in [0.15, 0.2) is 23.1 Å². The van der Waals surface area contributed by atoms with Crippen molar-refractivity contribution in [1.82, 2.24) is 0 Å². The second-order valence-electron chi connectivity index (χ2n) is 3.25. The molecule has 0 fully saturated rings. The summed E-state index contributed by atoms with van der Waals surface area (Å²) < 4.78 is 35.4. The largest absolute Gasteiger partial charge is 0.324 e. The van der Waals surface area contributed by atoms with Crippen LogP contribution in [0, 0.1) is 5.82 Å². The van der Waals surface area contributed by atoms with Gasteiger partial charge in [-0.25, -0.2) is 12.8 Å². The van der Waals surface area contributed by atoms with Gasteiger partial charge in [0.1, 0.15) is 10.7 Å². The van der Waals surface area contributed by atoms with Crippen molar-refractivity contribution in [2.24, 2.45) is 5.73 Å². The van der Waals surface area contributed by atoms with Crippen LogP contribution in [0.2, 0.25) is 0 Å². The van der Waals surface area contributed by atoms with E-state index in [-0.39, 0.29) is 10.9 Å². The summed E-state index contributed by atoms with van der Waals surface area (Å²) in [4.78, 5) is -0.290. The van der Waals surface area contributed by atoms with Gasteiger partial charge in [-0.2, -0.15) is 0 Å². The number of nitrogens with two attached hydrogens (primary N) is 1. The SMILES string of the molecule is C[C@H](N)c1ccc(S(C)(=O)=O)c(F)c1. The minimum atomic E-state index is -3.49. The van der Waals surface area contributed by atoms with Crippen molar-refractivity contribution in [3.63, 3.8) is 0 Å². The molecule has 0 unspecified atom stereocenters. The number of rotatable bonds is 2. The van der Waals surface area contributed by atoms with Crippen LogP contribution in [-0.2, 0) is 9.84 Å². The van der Waals surface area contributed by atoms with Crippen LogP contribution in [-0.4, -0.2) is 14.7 Å². The topological polar surface area (TPSA) is 60.2 Å². The van der Waals surface area contributed by atoms with Gasteiger partial charge in [-0.05, 0) is 24.6 Å². The molecule has 1 aromatic carbocycles. The Morgan fingerprint density at radius 1 is 1.43 bits per heavy atom. The summed E-state index contributed by atoms with van der Waals surface area (Å²) in [6.07, 6.45) is 0.969. The average Bonchev–Trinajstić information content (AvgIpc) is 2.01. The molecule has 0 heterocycles. The summed E-state index contributed by atoms with van der Waals surface area (Å²) in [5, 5.41) is 0. The zero-order valence-electron chi connectivity index (χ0n) is 7.99. The van der Waals surface area contributed by atoms with Crippen molar-refractivity contribution < 1.29 is 12.8 Å². The van der Waals surface area contributed by atoms with Gasteiger partial charge in [0.05, 0.1) is 0 Å². The highest BCUT2D eigenvalue weighted by molar-refractivity contribution is 7.90. The molecule has 0 aliphatic rings. The van der Waals surface area contributed by atoms with Gasteiger partial charge in [0.15, 0.2) is 9.84 Å².